The van der Waals surface area contributed by atoms with Crippen LogP contribution in [0.15, 0.2) is 78.9 Å². The number of aliphatic hydroxyl groups is 1. The number of benzene rings is 3. The predicted molar refractivity (Wildman–Crippen MR) is 157 cm³/mol. The van der Waals surface area contributed by atoms with Gasteiger partial charge >= 0.3 is 6.03 Å². The van der Waals surface area contributed by atoms with Gasteiger partial charge in [-0.1, -0.05) is 59.9 Å². The Morgan fingerprint density at radius 2 is 1.62 bits per heavy atom. The molecule has 3 aromatic rings. The summed E-state index contributed by atoms with van der Waals surface area (Å²) in [6.07, 6.45) is 0.0994. The zero-order valence-corrected chi connectivity index (χ0v) is 23.0. The standard InChI is InChI=1S/C33H38N4O2/c1-24-9-17-28(18-10-24)34-33(39)36-20-19-29(38)21-37-30(22-35(2)3)32(31(37)23-36)27-15-13-26(14-16-27)12-11-25-7-5-4-6-8-25/h4-10,13-18,29-32,38H,19-23H2,1-3H3,(H,34,39)/t29-,30+,31-,32-/m0/s1. The second-order valence-corrected chi connectivity index (χ2v) is 11.0. The molecule has 2 N–H and O–H groups in total. The largest absolute Gasteiger partial charge is 0.392 e. The van der Waals surface area contributed by atoms with E-state index in [1.807, 2.05) is 66.4 Å². The highest BCUT2D eigenvalue weighted by atomic mass is 16.3. The molecule has 2 heterocycles. The number of fused-ring (bicyclic) bond motifs is 1. The zero-order chi connectivity index (χ0) is 27.4. The molecule has 3 aromatic carbocycles. The van der Waals surface area contributed by atoms with E-state index in [-0.39, 0.29) is 24.0 Å². The first kappa shape index (κ1) is 27.0. The number of likely N-dealkylation sites (N-methyl/N-ethyl adjacent to an activating group) is 1. The molecule has 2 fully saturated rings. The first-order valence-corrected chi connectivity index (χ1v) is 13.8. The van der Waals surface area contributed by atoms with E-state index in [2.05, 4.69) is 65.3 Å². The third kappa shape index (κ3) is 6.51. The van der Waals surface area contributed by atoms with Gasteiger partial charge in [-0.05, 0) is 69.4 Å². The lowest BCUT2D eigenvalue weighted by molar-refractivity contribution is -0.0735. The van der Waals surface area contributed by atoms with Crippen molar-refractivity contribution in [2.24, 2.45) is 0 Å². The molecule has 4 atom stereocenters. The molecule has 0 aromatic heterocycles. The van der Waals surface area contributed by atoms with E-state index < -0.39 is 6.10 Å². The van der Waals surface area contributed by atoms with E-state index in [0.717, 1.165) is 28.9 Å². The minimum atomic E-state index is -0.469. The highest BCUT2D eigenvalue weighted by Crippen LogP contribution is 2.42. The number of carbonyl (C=O) groups is 1. The molecule has 39 heavy (non-hydrogen) atoms. The number of carbonyl (C=O) groups excluding carboxylic acids is 1. The summed E-state index contributed by atoms with van der Waals surface area (Å²) in [5, 5.41) is 13.9. The summed E-state index contributed by atoms with van der Waals surface area (Å²) >= 11 is 0. The van der Waals surface area contributed by atoms with Crippen molar-refractivity contribution in [3.05, 3.63) is 101 Å². The molecule has 6 nitrogen and oxygen atoms in total. The average molecular weight is 523 g/mol. The van der Waals surface area contributed by atoms with Crippen LogP contribution in [0.3, 0.4) is 0 Å². The first-order chi connectivity index (χ1) is 18.9. The maximum Gasteiger partial charge on any atom is 0.321 e. The van der Waals surface area contributed by atoms with Crippen molar-refractivity contribution in [3.63, 3.8) is 0 Å². The number of aliphatic hydroxyl groups excluding tert-OH is 1. The predicted octanol–water partition coefficient (Wildman–Crippen LogP) is 4.39. The number of anilines is 1. The van der Waals surface area contributed by atoms with Crippen LogP contribution in [0.4, 0.5) is 10.5 Å². The molecule has 0 saturated carbocycles. The Hall–Kier alpha value is -3.63. The third-order valence-electron chi connectivity index (χ3n) is 7.81. The molecule has 5 rings (SSSR count). The van der Waals surface area contributed by atoms with Crippen molar-refractivity contribution in [1.29, 1.82) is 0 Å². The molecule has 2 aliphatic rings. The van der Waals surface area contributed by atoms with E-state index in [9.17, 15) is 9.90 Å². The minimum absolute atomic E-state index is 0.116. The minimum Gasteiger partial charge on any atom is -0.392 e. The lowest BCUT2D eigenvalue weighted by atomic mass is 9.73. The van der Waals surface area contributed by atoms with Crippen LogP contribution in [0, 0.1) is 18.8 Å². The van der Waals surface area contributed by atoms with Crippen LogP contribution in [0.2, 0.25) is 0 Å². The van der Waals surface area contributed by atoms with Crippen LogP contribution in [-0.2, 0) is 0 Å². The van der Waals surface area contributed by atoms with Gasteiger partial charge in [0, 0.05) is 61.0 Å². The maximum absolute atomic E-state index is 13.3. The van der Waals surface area contributed by atoms with Crippen LogP contribution < -0.4 is 5.32 Å². The molecule has 2 amide bonds. The monoisotopic (exact) mass is 522 g/mol. The van der Waals surface area contributed by atoms with E-state index >= 15 is 0 Å². The second kappa shape index (κ2) is 12.0. The fraction of sp³-hybridized carbons (Fsp3) is 0.364. The molecular weight excluding hydrogens is 484 g/mol. The van der Waals surface area contributed by atoms with Crippen molar-refractivity contribution >= 4 is 11.7 Å². The summed E-state index contributed by atoms with van der Waals surface area (Å²) in [5.74, 6) is 6.76. The number of hydrogen-bond acceptors (Lipinski definition) is 4. The van der Waals surface area contributed by atoms with Crippen molar-refractivity contribution in [1.82, 2.24) is 14.7 Å². The molecule has 0 unspecified atom stereocenters. The summed E-state index contributed by atoms with van der Waals surface area (Å²) in [6.45, 7) is 4.70. The summed E-state index contributed by atoms with van der Waals surface area (Å²) in [4.78, 5) is 19.8. The Bertz CT molecular complexity index is 1310. The Kier molecular flexibility index (Phi) is 8.33. The van der Waals surface area contributed by atoms with Crippen molar-refractivity contribution in [2.75, 3.05) is 45.6 Å². The van der Waals surface area contributed by atoms with E-state index in [4.69, 9.17) is 0 Å². The van der Waals surface area contributed by atoms with Crippen LogP contribution in [-0.4, -0.2) is 84.3 Å². The number of urea groups is 1. The van der Waals surface area contributed by atoms with Gasteiger partial charge in [-0.25, -0.2) is 4.79 Å². The molecule has 202 valence electrons. The van der Waals surface area contributed by atoms with E-state index in [1.54, 1.807) is 0 Å². The molecule has 0 radical (unpaired) electrons. The zero-order valence-electron chi connectivity index (χ0n) is 23.0. The Morgan fingerprint density at radius 3 is 2.28 bits per heavy atom. The Balaban J connectivity index is 1.37. The van der Waals surface area contributed by atoms with Crippen LogP contribution in [0.25, 0.3) is 0 Å². The van der Waals surface area contributed by atoms with Gasteiger partial charge in [0.15, 0.2) is 0 Å². The van der Waals surface area contributed by atoms with Crippen molar-refractivity contribution in [2.45, 2.75) is 37.5 Å². The van der Waals surface area contributed by atoms with Crippen molar-refractivity contribution in [3.8, 4) is 11.8 Å². The lowest BCUT2D eigenvalue weighted by Crippen LogP contribution is -2.70. The SMILES string of the molecule is Cc1ccc(NC(=O)N2CC[C@H](O)CN3[C@H](CN(C)C)[C@H](c4ccc(C#Cc5ccccc5)cc4)[C@@H]3C2)cc1. The van der Waals surface area contributed by atoms with Crippen LogP contribution in [0.1, 0.15) is 34.6 Å². The average Bonchev–Trinajstić information content (AvgIpc) is 2.93. The summed E-state index contributed by atoms with van der Waals surface area (Å²) in [5.41, 5.74) is 5.17. The Morgan fingerprint density at radius 1 is 0.949 bits per heavy atom. The van der Waals surface area contributed by atoms with E-state index in [1.165, 1.54) is 5.56 Å². The van der Waals surface area contributed by atoms with Crippen LogP contribution in [0.5, 0.6) is 0 Å². The molecular formula is C33H38N4O2. The van der Waals surface area contributed by atoms with Gasteiger partial charge in [0.2, 0.25) is 0 Å². The van der Waals surface area contributed by atoms with Gasteiger partial charge in [-0.3, -0.25) is 4.90 Å². The molecule has 0 bridgehead atoms. The van der Waals surface area contributed by atoms with Gasteiger partial charge in [0.1, 0.15) is 0 Å². The van der Waals surface area contributed by atoms with Crippen LogP contribution >= 0.6 is 0 Å². The summed E-state index contributed by atoms with van der Waals surface area (Å²) < 4.78 is 0. The van der Waals surface area contributed by atoms with Gasteiger partial charge in [0.05, 0.1) is 6.10 Å². The molecule has 0 aliphatic carbocycles. The third-order valence-corrected chi connectivity index (χ3v) is 7.81. The van der Waals surface area contributed by atoms with Gasteiger partial charge < -0.3 is 20.2 Å². The molecule has 0 spiro atoms. The lowest BCUT2D eigenvalue weighted by Gasteiger charge is -2.58. The number of aryl methyl sites for hydroxylation is 1. The summed E-state index contributed by atoms with van der Waals surface area (Å²) in [7, 11) is 4.18. The number of hydrogen-bond donors (Lipinski definition) is 2. The Labute approximate surface area is 232 Å². The quantitative estimate of drug-likeness (QED) is 0.499. The normalized spacial score (nSPS) is 23.1. The topological polar surface area (TPSA) is 59.1 Å². The highest BCUT2D eigenvalue weighted by molar-refractivity contribution is 5.89. The van der Waals surface area contributed by atoms with Gasteiger partial charge in [-0.2, -0.15) is 0 Å². The smallest absolute Gasteiger partial charge is 0.321 e. The first-order valence-electron chi connectivity index (χ1n) is 13.8. The highest BCUT2D eigenvalue weighted by Gasteiger charge is 2.50. The number of rotatable bonds is 4. The molecule has 2 aliphatic heterocycles. The second-order valence-electron chi connectivity index (χ2n) is 11.0. The van der Waals surface area contributed by atoms with Crippen molar-refractivity contribution < 1.29 is 9.90 Å². The fourth-order valence-corrected chi connectivity index (χ4v) is 5.77. The number of amides is 2. The van der Waals surface area contributed by atoms with Gasteiger partial charge in [0.25, 0.3) is 0 Å². The van der Waals surface area contributed by atoms with Gasteiger partial charge in [-0.15, -0.1) is 0 Å². The summed E-state index contributed by atoms with van der Waals surface area (Å²) in [6, 6.07) is 26.7. The number of nitrogens with one attached hydrogen (secondary N) is 1. The molecule has 2 saturated heterocycles. The maximum atomic E-state index is 13.3. The molecule has 6 heteroatoms. The fourth-order valence-electron chi connectivity index (χ4n) is 5.77. The van der Waals surface area contributed by atoms with E-state index in [0.29, 0.717) is 26.1 Å². The number of nitrogens with zero attached hydrogens (tertiary/aromatic N) is 3.